The van der Waals surface area contributed by atoms with Crippen LogP contribution in [0.25, 0.3) is 11.1 Å². The smallest absolute Gasteiger partial charge is 0.410 e. The molecule has 6 aliphatic heterocycles. The first-order chi connectivity index (χ1) is 52.0. The number of primary amides is 1. The number of nitrogens with two attached hydrogens (primary N) is 1. The molecule has 5 aromatic carbocycles. The summed E-state index contributed by atoms with van der Waals surface area (Å²) in [5.41, 5.74) is 4.56. The Morgan fingerprint density at radius 1 is 0.615 bits per heavy atom. The van der Waals surface area contributed by atoms with Gasteiger partial charge >= 0.3 is 12.1 Å². The van der Waals surface area contributed by atoms with Crippen LogP contribution in [0, 0.1) is 5.92 Å². The first kappa shape index (κ1) is 82.0. The van der Waals surface area contributed by atoms with Gasteiger partial charge in [0.15, 0.2) is 17.5 Å². The van der Waals surface area contributed by atoms with Crippen molar-refractivity contribution >= 4 is 76.6 Å². The fraction of sp³-hybridized carbons (Fsp3) is 0.347. The number of carbonyl (C=O) groups is 9. The largest absolute Gasteiger partial charge is 0.489 e. The quantitative estimate of drug-likeness (QED) is 0.0305. The molecule has 0 aliphatic carbocycles. The fourth-order valence-corrected chi connectivity index (χ4v) is 12.6. The monoisotopic (exact) mass is 1550 g/mol. The third kappa shape index (κ3) is 19.1. The maximum absolute atomic E-state index is 16.3. The molecule has 6 heterocycles. The predicted octanol–water partition coefficient (Wildman–Crippen LogP) is 4.13. The van der Waals surface area contributed by atoms with Crippen molar-refractivity contribution in [1.82, 2.24) is 36.8 Å². The number of esters is 1. The van der Waals surface area contributed by atoms with Crippen LogP contribution < -0.4 is 66.1 Å². The zero-order valence-corrected chi connectivity index (χ0v) is 60.6. The molecule has 1 fully saturated rings. The molecule has 14 N–H and O–H groups in total. The highest BCUT2D eigenvalue weighted by Gasteiger charge is 2.47. The van der Waals surface area contributed by atoms with Gasteiger partial charge in [-0.3, -0.25) is 38.5 Å². The van der Waals surface area contributed by atoms with Crippen LogP contribution in [0.2, 0.25) is 10.0 Å². The highest BCUT2D eigenvalue weighted by molar-refractivity contribution is 6.32. The zero-order valence-electron chi connectivity index (χ0n) is 59.1. The Morgan fingerprint density at radius 2 is 1.18 bits per heavy atom. The number of rotatable bonds is 24. The first-order valence-corrected chi connectivity index (χ1v) is 34.7. The summed E-state index contributed by atoms with van der Waals surface area (Å²) in [4.78, 5) is 135. The molecule has 8 amide bonds. The van der Waals surface area contributed by atoms with Crippen LogP contribution in [-0.2, 0) is 52.6 Å². The maximum Gasteiger partial charge on any atom is 0.410 e. The third-order valence-electron chi connectivity index (χ3n) is 17.5. The van der Waals surface area contributed by atoms with Gasteiger partial charge in [0.25, 0.3) is 0 Å². The van der Waals surface area contributed by atoms with Crippen molar-refractivity contribution in [3.63, 3.8) is 0 Å². The van der Waals surface area contributed by atoms with E-state index in [2.05, 4.69) is 64.8 Å². The lowest BCUT2D eigenvalue weighted by Gasteiger charge is -2.39. The summed E-state index contributed by atoms with van der Waals surface area (Å²) in [5.74, 6) is -13.2. The number of nitrogens with zero attached hydrogens (tertiary/aromatic N) is 1. The number of carbonyl (C=O) groups excluding carboxylic acids is 9. The van der Waals surface area contributed by atoms with Gasteiger partial charge in [-0.2, -0.15) is 0 Å². The Hall–Kier alpha value is -11.1. The van der Waals surface area contributed by atoms with Gasteiger partial charge in [-0.15, -0.1) is 0 Å². The number of fused-ring (bicyclic) bond motifs is 15. The van der Waals surface area contributed by atoms with Crippen molar-refractivity contribution in [3.8, 4) is 57.1 Å². The number of halogens is 2. The van der Waals surface area contributed by atoms with Gasteiger partial charge in [-0.1, -0.05) is 119 Å². The molecule has 11 bridgehead atoms. The Kier molecular flexibility index (Phi) is 27.6. The van der Waals surface area contributed by atoms with E-state index < -0.39 is 191 Å². The minimum atomic E-state index is -2.33. The second-order valence-electron chi connectivity index (χ2n) is 25.6. The van der Waals surface area contributed by atoms with Crippen LogP contribution in [0.15, 0.2) is 142 Å². The lowest BCUT2D eigenvalue weighted by atomic mass is 9.89. The number of ether oxygens (including phenoxy) is 9. The summed E-state index contributed by atoms with van der Waals surface area (Å²) in [6.45, 7) is 19.9. The Morgan fingerprint density at radius 3 is 1.78 bits per heavy atom. The molecule has 5 unspecified atom stereocenters. The van der Waals surface area contributed by atoms with Gasteiger partial charge < -0.3 is 111 Å². The van der Waals surface area contributed by atoms with E-state index in [4.69, 9.17) is 71.6 Å². The number of hydrogen-bond acceptors (Lipinski definition) is 24. The molecule has 580 valence electrons. The number of nitrogens with one attached hydrogen (secondary N) is 6. The minimum Gasteiger partial charge on any atom is -0.489 e. The SMILES string of the molecule is C=CCOC(=O)[C@H]1NC(=O)[C@H]2NC(=O)[C@H](NC(=O)[C@@H]3NC(=O)[C@H](CC(N)=O)NC(=O)[C@H](NC(=O)[C@@H](CC(C)C)N(C)C(=O)OCC=C)[C@H](O)c4ccc(c(Cl)c4)Oc4cc3cc(c4OC3OC(CO)C(O)C(O)C3O)Oc3ccc(cc3Cl)[C@H]2O)c2ccc(OCC=C)c(c2)-c2c(OCC=C)cc(OCC=C)cc21. The lowest BCUT2D eigenvalue weighted by Crippen LogP contribution is -2.60. The van der Waals surface area contributed by atoms with Crippen molar-refractivity contribution in [2.24, 2.45) is 11.7 Å². The maximum atomic E-state index is 16.3. The van der Waals surface area contributed by atoms with Crippen molar-refractivity contribution in [1.29, 1.82) is 0 Å². The lowest BCUT2D eigenvalue weighted by molar-refractivity contribution is -0.277. The average Bonchev–Trinajstić information content (AvgIpc) is 0.758. The summed E-state index contributed by atoms with van der Waals surface area (Å²) in [7, 11) is 1.25. The molecular weight excluding hydrogens is 1470 g/mol. The van der Waals surface area contributed by atoms with E-state index in [1.165, 1.54) is 79.9 Å². The van der Waals surface area contributed by atoms with E-state index >= 15 is 24.0 Å². The third-order valence-corrected chi connectivity index (χ3v) is 18.1. The van der Waals surface area contributed by atoms with E-state index in [0.717, 1.165) is 41.3 Å². The number of hydrogen-bond donors (Lipinski definition) is 13. The second-order valence-corrected chi connectivity index (χ2v) is 26.5. The van der Waals surface area contributed by atoms with Crippen molar-refractivity contribution in [2.75, 3.05) is 46.7 Å². The molecular formula is C75H82Cl2N8O24. The molecule has 14 atom stereocenters. The van der Waals surface area contributed by atoms with Crippen LogP contribution in [0.4, 0.5) is 4.79 Å². The van der Waals surface area contributed by atoms with E-state index in [1.54, 1.807) is 13.8 Å². The normalized spacial score (nSPS) is 23.4. The van der Waals surface area contributed by atoms with Gasteiger partial charge in [0.1, 0.15) is 135 Å². The Bertz CT molecular complexity index is 4350. The van der Waals surface area contributed by atoms with Gasteiger partial charge in [-0.25, -0.2) is 9.59 Å². The molecule has 0 radical (unpaired) electrons. The number of likely N-dealkylation sites (N-methyl/N-ethyl adjacent to an activating group) is 1. The zero-order chi connectivity index (χ0) is 79.2. The minimum absolute atomic E-state index is 0.00238. The van der Waals surface area contributed by atoms with Crippen molar-refractivity contribution in [2.45, 2.75) is 112 Å². The molecule has 32 nitrogen and oxygen atoms in total. The van der Waals surface area contributed by atoms with Gasteiger partial charge in [-0.05, 0) is 89.2 Å². The molecule has 5 aromatic rings. The number of amides is 8. The topological polar surface area (TPSA) is 460 Å². The average molecular weight is 1550 g/mol. The van der Waals surface area contributed by atoms with Crippen LogP contribution in [0.3, 0.4) is 0 Å². The number of benzene rings is 5. The molecule has 6 aliphatic rings. The van der Waals surface area contributed by atoms with Crippen molar-refractivity contribution < 1.29 is 116 Å². The molecule has 0 saturated carbocycles. The highest BCUT2D eigenvalue weighted by Crippen LogP contribution is 2.50. The fourth-order valence-electron chi connectivity index (χ4n) is 12.1. The van der Waals surface area contributed by atoms with Gasteiger partial charge in [0, 0.05) is 29.8 Å². The second kappa shape index (κ2) is 36.7. The van der Waals surface area contributed by atoms with Crippen molar-refractivity contribution in [3.05, 3.63) is 180 Å². The summed E-state index contributed by atoms with van der Waals surface area (Å²) in [5, 5.41) is 83.4. The summed E-state index contributed by atoms with van der Waals surface area (Å²) >= 11 is 14.2. The predicted molar refractivity (Wildman–Crippen MR) is 389 cm³/mol. The summed E-state index contributed by atoms with van der Waals surface area (Å²) in [6, 6.07) is 1.46. The molecule has 11 rings (SSSR count). The molecule has 0 aromatic heterocycles. The van der Waals surface area contributed by atoms with Crippen LogP contribution in [0.5, 0.6) is 46.0 Å². The van der Waals surface area contributed by atoms with Gasteiger partial charge in [0.2, 0.25) is 53.4 Å². The van der Waals surface area contributed by atoms with Gasteiger partial charge in [0.05, 0.1) is 23.1 Å². The first-order valence-electron chi connectivity index (χ1n) is 33.9. The van der Waals surface area contributed by atoms with Crippen LogP contribution in [0.1, 0.15) is 84.8 Å². The number of aliphatic hydroxyl groups excluding tert-OH is 6. The summed E-state index contributed by atoms with van der Waals surface area (Å²) < 4.78 is 54.8. The van der Waals surface area contributed by atoms with Crippen LogP contribution in [-0.4, -0.2) is 191 Å². The summed E-state index contributed by atoms with van der Waals surface area (Å²) in [6.07, 6.45) is -9.62. The standard InChI is InChI=1S/C75H82Cl2N8O24/c1-9-20-101-40-31-42-55(50(32-40)103-22-11-3)41-26-36(14-17-47(41)102-21-10-2)56-69(95)84-60(72(98)82-58(42)73(99)104-23-12-4)62(89)38-16-19-49(44(77)28-38)107-52-30-39-29-51(66(52)109-74-65(92)64(91)63(90)53(34-86)108-74)106-48-18-15-37(27-43(48)76)61(88)59(83-68(94)46(25-35(6)7)85(8)75(100)105-24-13-5)71(97)79-45(33-54(78)87)67(93)80-57(39)70(96)81-56/h9-19,26-32,35,45-46,53,56-65,74,86,88-92H,1-5,20-25,33-34H2,6-8H3,(H2,78,87)(H,79,97)(H,80,93)(H,81,96)(H,82,98)(H,83,94)(H,84,95)/t45-,46+,53?,56+,57+,58-,59+,60-,61+,62+,63?,64?,65?,74?/m0/s1. The molecule has 34 heteroatoms. The molecule has 0 spiro atoms. The Balaban J connectivity index is 1.34. The van der Waals surface area contributed by atoms with E-state index in [0.29, 0.717) is 0 Å². The van der Waals surface area contributed by atoms with E-state index in [-0.39, 0.29) is 101 Å². The Labute approximate surface area is 634 Å². The van der Waals surface area contributed by atoms with Crippen LogP contribution >= 0.6 is 23.2 Å². The van der Waals surface area contributed by atoms with E-state index in [9.17, 15) is 49.8 Å². The highest BCUT2D eigenvalue weighted by atomic mass is 35.5. The number of aliphatic hydroxyl groups is 6. The molecule has 109 heavy (non-hydrogen) atoms. The van der Waals surface area contributed by atoms with E-state index in [1.807, 2.05) is 0 Å². The molecule has 1 saturated heterocycles.